The summed E-state index contributed by atoms with van der Waals surface area (Å²) in [7, 11) is 1.36. The number of nitrogens with zero attached hydrogens (tertiary/aromatic N) is 3. The predicted octanol–water partition coefficient (Wildman–Crippen LogP) is 5.12. The van der Waals surface area contributed by atoms with Crippen molar-refractivity contribution < 1.29 is 19.1 Å². The van der Waals surface area contributed by atoms with Crippen LogP contribution in [0.4, 0.5) is 0 Å². The first kappa shape index (κ1) is 26.2. The molecule has 3 heterocycles. The lowest BCUT2D eigenvalue weighted by molar-refractivity contribution is -0.136. The van der Waals surface area contributed by atoms with Crippen LogP contribution < -0.4 is 10.1 Å². The number of hydrogen-bond acceptors (Lipinski definition) is 8. The summed E-state index contributed by atoms with van der Waals surface area (Å²) in [6.45, 7) is 2.55. The molecule has 1 N–H and O–H groups in total. The molecule has 0 saturated heterocycles. The molecule has 8 nitrogen and oxygen atoms in total. The van der Waals surface area contributed by atoms with E-state index in [0.29, 0.717) is 35.3 Å². The van der Waals surface area contributed by atoms with Gasteiger partial charge < -0.3 is 19.7 Å². The Balaban J connectivity index is 1.40. The third kappa shape index (κ3) is 6.04. The van der Waals surface area contributed by atoms with E-state index >= 15 is 0 Å². The third-order valence-electron chi connectivity index (χ3n) is 6.36. The van der Waals surface area contributed by atoms with Crippen LogP contribution in [0, 0.1) is 0 Å². The number of fused-ring (bicyclic) bond motifs is 1. The Labute approximate surface area is 231 Å². The number of benzene rings is 2. The maximum Gasteiger partial charge on any atom is 0.338 e. The molecule has 0 aliphatic carbocycles. The van der Waals surface area contributed by atoms with Crippen molar-refractivity contribution in [1.82, 2.24) is 15.2 Å². The van der Waals surface area contributed by atoms with Crippen LogP contribution in [0.1, 0.15) is 36.2 Å². The maximum atomic E-state index is 13.0. The number of esters is 1. The van der Waals surface area contributed by atoms with E-state index < -0.39 is 12.0 Å². The van der Waals surface area contributed by atoms with E-state index in [4.69, 9.17) is 9.47 Å². The topological polar surface area (TPSA) is 93.1 Å². The van der Waals surface area contributed by atoms with Crippen LogP contribution >= 0.6 is 11.8 Å². The highest BCUT2D eigenvalue weighted by Crippen LogP contribution is 2.45. The summed E-state index contributed by atoms with van der Waals surface area (Å²) in [5.74, 6) is 0.0536. The van der Waals surface area contributed by atoms with Crippen LogP contribution in [0.15, 0.2) is 106 Å². The molecule has 0 bridgehead atoms. The molecule has 0 fully saturated rings. The van der Waals surface area contributed by atoms with Gasteiger partial charge in [-0.3, -0.25) is 9.78 Å². The van der Waals surface area contributed by atoms with Crippen molar-refractivity contribution in [2.24, 2.45) is 4.99 Å². The molecule has 5 rings (SSSR count). The van der Waals surface area contributed by atoms with Gasteiger partial charge in [0.25, 0.3) is 0 Å². The Morgan fingerprint density at radius 3 is 2.64 bits per heavy atom. The Morgan fingerprint density at radius 2 is 1.87 bits per heavy atom. The number of ether oxygens (including phenoxy) is 2. The SMILES string of the molecule is COC(=O)C1=C(C)N=C2SC=C(CC(=O)NCc3ccccn3)N2[C@H]1c1cccc(OCc2ccccc2)c1. The lowest BCUT2D eigenvalue weighted by Crippen LogP contribution is -2.37. The summed E-state index contributed by atoms with van der Waals surface area (Å²) >= 11 is 1.43. The molecule has 9 heteroatoms. The number of carbonyl (C=O) groups is 2. The first-order valence-electron chi connectivity index (χ1n) is 12.5. The van der Waals surface area contributed by atoms with Crippen LogP contribution in [0.2, 0.25) is 0 Å². The Hall–Kier alpha value is -4.37. The highest BCUT2D eigenvalue weighted by molar-refractivity contribution is 8.16. The average Bonchev–Trinajstić information content (AvgIpc) is 3.36. The van der Waals surface area contributed by atoms with Gasteiger partial charge in [0.2, 0.25) is 5.91 Å². The second kappa shape index (κ2) is 12.0. The highest BCUT2D eigenvalue weighted by atomic mass is 32.2. The van der Waals surface area contributed by atoms with Gasteiger partial charge in [0, 0.05) is 11.9 Å². The smallest absolute Gasteiger partial charge is 0.338 e. The second-order valence-corrected chi connectivity index (χ2v) is 9.84. The molecule has 0 unspecified atom stereocenters. The quantitative estimate of drug-likeness (QED) is 0.377. The zero-order chi connectivity index (χ0) is 27.2. The monoisotopic (exact) mass is 540 g/mol. The van der Waals surface area contributed by atoms with Crippen molar-refractivity contribution in [1.29, 1.82) is 0 Å². The third-order valence-corrected chi connectivity index (χ3v) is 7.25. The van der Waals surface area contributed by atoms with E-state index in [0.717, 1.165) is 22.5 Å². The van der Waals surface area contributed by atoms with Gasteiger partial charge in [-0.15, -0.1) is 0 Å². The van der Waals surface area contributed by atoms with Crippen molar-refractivity contribution in [3.05, 3.63) is 118 Å². The fourth-order valence-corrected chi connectivity index (χ4v) is 5.45. The summed E-state index contributed by atoms with van der Waals surface area (Å²) in [5.41, 5.74) is 4.40. The first-order valence-corrected chi connectivity index (χ1v) is 13.4. The number of aromatic nitrogens is 1. The van der Waals surface area contributed by atoms with Gasteiger partial charge in [-0.25, -0.2) is 9.79 Å². The average molecular weight is 541 g/mol. The Morgan fingerprint density at radius 1 is 1.05 bits per heavy atom. The van der Waals surface area contributed by atoms with E-state index in [1.807, 2.05) is 83.1 Å². The molecule has 39 heavy (non-hydrogen) atoms. The van der Waals surface area contributed by atoms with E-state index in [1.165, 1.54) is 18.9 Å². The Kier molecular flexibility index (Phi) is 8.07. The lowest BCUT2D eigenvalue weighted by Gasteiger charge is -2.36. The number of thioether (sulfide) groups is 1. The van der Waals surface area contributed by atoms with Gasteiger partial charge >= 0.3 is 5.97 Å². The largest absolute Gasteiger partial charge is 0.489 e. The molecular formula is C30H28N4O4S. The van der Waals surface area contributed by atoms with Crippen LogP contribution in [0.5, 0.6) is 5.75 Å². The van der Waals surface area contributed by atoms with Crippen LogP contribution in [0.3, 0.4) is 0 Å². The predicted molar refractivity (Wildman–Crippen MR) is 150 cm³/mol. The second-order valence-electron chi connectivity index (χ2n) is 9.01. The standard InChI is InChI=1S/C30H28N4O4S/c1-20-27(29(36)37-2)28(22-11-8-13-25(15-22)38-18-21-9-4-3-5-10-21)34-24(19-39-30(34)33-20)16-26(35)32-17-23-12-6-7-14-31-23/h3-15,19,28H,16-18H2,1-2H3,(H,32,35)/t28-/m0/s1. The van der Waals surface area contributed by atoms with Crippen molar-refractivity contribution in [3.63, 3.8) is 0 Å². The summed E-state index contributed by atoms with van der Waals surface area (Å²) in [6, 6.07) is 22.6. The molecule has 0 spiro atoms. The number of amides is 1. The van der Waals surface area contributed by atoms with Gasteiger partial charge in [0.1, 0.15) is 12.4 Å². The fourth-order valence-electron chi connectivity index (χ4n) is 4.49. The molecular weight excluding hydrogens is 512 g/mol. The van der Waals surface area contributed by atoms with E-state index in [2.05, 4.69) is 15.3 Å². The van der Waals surface area contributed by atoms with Crippen molar-refractivity contribution in [2.45, 2.75) is 32.5 Å². The van der Waals surface area contributed by atoms with Crippen molar-refractivity contribution in [3.8, 4) is 5.75 Å². The summed E-state index contributed by atoms with van der Waals surface area (Å²) in [6.07, 6.45) is 1.81. The number of allylic oxidation sites excluding steroid dienone is 1. The van der Waals surface area contributed by atoms with Crippen LogP contribution in [0.25, 0.3) is 0 Å². The summed E-state index contributed by atoms with van der Waals surface area (Å²) < 4.78 is 11.2. The number of nitrogens with one attached hydrogen (secondary N) is 1. The van der Waals surface area contributed by atoms with Crippen molar-refractivity contribution in [2.75, 3.05) is 7.11 Å². The summed E-state index contributed by atoms with van der Waals surface area (Å²) in [5, 5.41) is 5.54. The van der Waals surface area contributed by atoms with Gasteiger partial charge in [0.05, 0.1) is 43.1 Å². The number of amidine groups is 1. The minimum atomic E-state index is -0.532. The fraction of sp³-hybridized carbons (Fsp3) is 0.200. The number of hydrogen-bond donors (Lipinski definition) is 1. The molecule has 0 saturated carbocycles. The van der Waals surface area contributed by atoms with E-state index in [9.17, 15) is 9.59 Å². The molecule has 2 aromatic carbocycles. The first-order chi connectivity index (χ1) is 19.0. The van der Waals surface area contributed by atoms with E-state index in [-0.39, 0.29) is 12.3 Å². The molecule has 198 valence electrons. The van der Waals surface area contributed by atoms with Gasteiger partial charge in [-0.1, -0.05) is 60.3 Å². The minimum absolute atomic E-state index is 0.118. The number of methoxy groups -OCH3 is 1. The molecule has 2 aliphatic rings. The van der Waals surface area contributed by atoms with Crippen LogP contribution in [-0.4, -0.2) is 34.0 Å². The zero-order valence-corrected chi connectivity index (χ0v) is 22.5. The molecule has 1 atom stereocenters. The minimum Gasteiger partial charge on any atom is -0.489 e. The molecule has 3 aromatic rings. The van der Waals surface area contributed by atoms with Crippen LogP contribution in [-0.2, 0) is 27.5 Å². The number of carbonyl (C=O) groups excluding carboxylic acids is 2. The van der Waals surface area contributed by atoms with Gasteiger partial charge in [0.15, 0.2) is 5.17 Å². The number of rotatable bonds is 9. The number of pyridine rings is 1. The number of aliphatic imine (C=N–C) groups is 1. The lowest BCUT2D eigenvalue weighted by atomic mass is 9.93. The maximum absolute atomic E-state index is 13.0. The Bertz CT molecular complexity index is 1450. The van der Waals surface area contributed by atoms with Gasteiger partial charge in [-0.05, 0) is 47.7 Å². The normalized spacial score (nSPS) is 16.3. The summed E-state index contributed by atoms with van der Waals surface area (Å²) in [4.78, 5) is 36.8. The molecule has 1 aromatic heterocycles. The molecule has 1 amide bonds. The zero-order valence-electron chi connectivity index (χ0n) is 21.7. The highest BCUT2D eigenvalue weighted by Gasteiger charge is 2.41. The molecule has 0 radical (unpaired) electrons. The van der Waals surface area contributed by atoms with Gasteiger partial charge in [-0.2, -0.15) is 0 Å². The van der Waals surface area contributed by atoms with Crippen molar-refractivity contribution >= 4 is 28.8 Å². The molecule has 2 aliphatic heterocycles. The van der Waals surface area contributed by atoms with E-state index in [1.54, 1.807) is 13.1 Å².